The summed E-state index contributed by atoms with van der Waals surface area (Å²) in [6, 6.07) is 16.1. The summed E-state index contributed by atoms with van der Waals surface area (Å²) in [6.45, 7) is 13.5. The van der Waals surface area contributed by atoms with E-state index in [2.05, 4.69) is 115 Å². The quantitative estimate of drug-likeness (QED) is 0.105. The molecule has 15 nitrogen and oxygen atoms in total. The summed E-state index contributed by atoms with van der Waals surface area (Å²) in [7, 11) is 2.54. The van der Waals surface area contributed by atoms with Crippen molar-refractivity contribution >= 4 is 34.9 Å². The summed E-state index contributed by atoms with van der Waals surface area (Å²) in [5.41, 5.74) is 5.67. The summed E-state index contributed by atoms with van der Waals surface area (Å²) in [4.78, 5) is 74.5. The van der Waals surface area contributed by atoms with E-state index in [4.69, 9.17) is 15.0 Å². The van der Waals surface area contributed by atoms with Crippen molar-refractivity contribution in [3.05, 3.63) is 78.8 Å². The van der Waals surface area contributed by atoms with Crippen LogP contribution in [0.2, 0.25) is 0 Å². The Kier molecular flexibility index (Phi) is 21.5. The van der Waals surface area contributed by atoms with E-state index < -0.39 is 17.7 Å². The van der Waals surface area contributed by atoms with Gasteiger partial charge < -0.3 is 39.9 Å². The first-order valence-corrected chi connectivity index (χ1v) is 22.4. The van der Waals surface area contributed by atoms with Crippen LogP contribution in [0, 0.1) is 31.6 Å². The first kappa shape index (κ1) is 53.2. The molecular weight excluding hydrogens is 835 g/mol. The molecule has 0 bridgehead atoms. The van der Waals surface area contributed by atoms with Crippen molar-refractivity contribution in [3.8, 4) is 59.3 Å². The number of aromatic nitrogens is 5. The lowest BCUT2D eigenvalue weighted by atomic mass is 9.87. The number of ether oxygens (including phenoxy) is 2. The number of pyridine rings is 1. The maximum absolute atomic E-state index is 13.3. The lowest BCUT2D eigenvalue weighted by molar-refractivity contribution is -0.139. The topological polar surface area (TPSA) is 188 Å². The Balaban J connectivity index is 0.00000107. The molecule has 1 unspecified atom stereocenters. The molecular formula is C51H67N9O6. The van der Waals surface area contributed by atoms with Crippen LogP contribution in [0.3, 0.4) is 0 Å². The molecule has 0 radical (unpaired) electrons. The molecule has 5 heterocycles. The zero-order valence-corrected chi connectivity index (χ0v) is 39.8. The highest BCUT2D eigenvalue weighted by Crippen LogP contribution is 2.39. The molecule has 7 rings (SSSR count). The first-order chi connectivity index (χ1) is 31.9. The Bertz CT molecular complexity index is 2360. The standard InChI is InChI=1S/C41H47N9O6.2C3H8.2C2H2/c1-25-9-16-33(49(24-25)34(51)22-45-39(53)55-3)37-43-20-31(47-37)27-12-10-26(11-13-27)28-14-15-29(30-8-7-18-42-36(28)30)32-21-44-38(48-32)41(2)17-5-6-19-50(41)35(52)23-46-40(54)56-4;2*1-3-2;2*1-2/h7-8,10-15,18,20-21,25,33H,5-6,9,16-17,19,22-24H2,1-4H3,(H,43,47)(H,44,48)(H,45,53)(H,46,54);2*3H2,1-2H3;2*1-2H/t25-,33?,41+;;;;/m0..../s1. The summed E-state index contributed by atoms with van der Waals surface area (Å²) in [5, 5.41) is 5.96. The minimum atomic E-state index is -0.675. The Labute approximate surface area is 390 Å². The van der Waals surface area contributed by atoms with E-state index in [1.165, 1.54) is 27.1 Å². The number of methoxy groups -OCH3 is 2. The number of nitrogens with zero attached hydrogens (tertiary/aromatic N) is 5. The zero-order valence-electron chi connectivity index (χ0n) is 39.8. The zero-order chi connectivity index (χ0) is 48.8. The predicted octanol–water partition coefficient (Wildman–Crippen LogP) is 9.25. The van der Waals surface area contributed by atoms with Crippen LogP contribution in [0.15, 0.2) is 67.1 Å². The molecule has 66 heavy (non-hydrogen) atoms. The summed E-state index contributed by atoms with van der Waals surface area (Å²) >= 11 is 0. The summed E-state index contributed by atoms with van der Waals surface area (Å²) in [5.74, 6) is 1.35. The van der Waals surface area contributed by atoms with E-state index in [1.807, 2.05) is 37.4 Å². The van der Waals surface area contributed by atoms with Crippen LogP contribution in [-0.4, -0.2) is 99.1 Å². The third-order valence-corrected chi connectivity index (χ3v) is 11.0. The number of amides is 4. The molecule has 352 valence electrons. The lowest BCUT2D eigenvalue weighted by Gasteiger charge is -2.43. The van der Waals surface area contributed by atoms with Crippen LogP contribution in [0.4, 0.5) is 9.59 Å². The number of carbonyl (C=O) groups is 4. The molecule has 15 heteroatoms. The average molecular weight is 902 g/mol. The number of imidazole rings is 2. The second kappa shape index (κ2) is 26.6. The normalized spacial score (nSPS) is 17.3. The van der Waals surface area contributed by atoms with E-state index in [1.54, 1.807) is 22.2 Å². The second-order valence-corrected chi connectivity index (χ2v) is 16.1. The van der Waals surface area contributed by atoms with Crippen LogP contribution in [0.1, 0.15) is 104 Å². The number of benzene rings is 2. The van der Waals surface area contributed by atoms with Gasteiger partial charge in [0, 0.05) is 35.8 Å². The highest BCUT2D eigenvalue weighted by atomic mass is 16.5. The number of terminal acetylenes is 2. The second-order valence-electron chi connectivity index (χ2n) is 16.1. The maximum atomic E-state index is 13.3. The van der Waals surface area contributed by atoms with Crippen LogP contribution in [-0.2, 0) is 24.6 Å². The number of nitrogens with one attached hydrogen (secondary N) is 4. The summed E-state index contributed by atoms with van der Waals surface area (Å²) in [6.07, 6.45) is 26.9. The fraction of sp³-hybridized carbons (Fsp3) is 0.431. The van der Waals surface area contributed by atoms with Gasteiger partial charge in [-0.15, -0.1) is 25.7 Å². The van der Waals surface area contributed by atoms with Crippen molar-refractivity contribution in [2.75, 3.05) is 40.4 Å². The molecule has 0 spiro atoms. The fourth-order valence-electron chi connectivity index (χ4n) is 7.97. The van der Waals surface area contributed by atoms with Gasteiger partial charge in [0.15, 0.2) is 0 Å². The van der Waals surface area contributed by atoms with Crippen molar-refractivity contribution in [2.24, 2.45) is 5.92 Å². The van der Waals surface area contributed by atoms with E-state index in [0.717, 1.165) is 76.6 Å². The molecule has 4 N–H and O–H groups in total. The molecule has 3 atom stereocenters. The van der Waals surface area contributed by atoms with Crippen LogP contribution in [0.25, 0.3) is 44.5 Å². The van der Waals surface area contributed by atoms with Gasteiger partial charge in [-0.2, -0.15) is 0 Å². The maximum Gasteiger partial charge on any atom is 0.407 e. The van der Waals surface area contributed by atoms with Crippen molar-refractivity contribution in [2.45, 2.75) is 98.1 Å². The largest absolute Gasteiger partial charge is 0.453 e. The SMILES string of the molecule is C#C.C#C.CCC.CCC.COC(=O)NCC(=O)N1C[C@@H](C)CCC1c1ncc(-c2ccc(-c3ccc(-c4cnc([C@@]5(C)CCCCN5C(=O)CNC(=O)OC)[nH]4)c4cccnc34)cc2)[nH]1. The van der Waals surface area contributed by atoms with Crippen LogP contribution in [0.5, 0.6) is 0 Å². The Hall–Kier alpha value is -7.13. The number of fused-ring (bicyclic) bond motifs is 1. The Morgan fingerprint density at radius 1 is 0.758 bits per heavy atom. The van der Waals surface area contributed by atoms with Gasteiger partial charge in [-0.25, -0.2) is 19.6 Å². The number of alkyl carbamates (subject to hydrolysis) is 2. The van der Waals surface area contributed by atoms with Crippen molar-refractivity contribution in [1.29, 1.82) is 0 Å². The van der Waals surface area contributed by atoms with Crippen molar-refractivity contribution in [1.82, 2.24) is 45.4 Å². The molecule has 2 saturated heterocycles. The van der Waals surface area contributed by atoms with E-state index >= 15 is 0 Å². The average Bonchev–Trinajstić information content (AvgIpc) is 4.06. The molecule has 0 aliphatic carbocycles. The van der Waals surface area contributed by atoms with Gasteiger partial charge in [0.1, 0.15) is 24.7 Å². The first-order valence-electron chi connectivity index (χ1n) is 22.4. The Morgan fingerprint density at radius 3 is 1.98 bits per heavy atom. The van der Waals surface area contributed by atoms with Gasteiger partial charge in [0.05, 0.1) is 55.1 Å². The van der Waals surface area contributed by atoms with Gasteiger partial charge in [0.2, 0.25) is 11.8 Å². The minimum absolute atomic E-state index is 0.141. The highest BCUT2D eigenvalue weighted by molar-refractivity contribution is 6.02. The number of rotatable bonds is 9. The molecule has 4 amide bonds. The number of hydrogen-bond donors (Lipinski definition) is 4. The van der Waals surface area contributed by atoms with Crippen LogP contribution < -0.4 is 10.6 Å². The number of H-pyrrole nitrogens is 2. The fourth-order valence-corrected chi connectivity index (χ4v) is 7.97. The summed E-state index contributed by atoms with van der Waals surface area (Å²) < 4.78 is 9.28. The minimum Gasteiger partial charge on any atom is -0.453 e. The molecule has 2 fully saturated rings. The number of likely N-dealkylation sites (tertiary alicyclic amines) is 2. The predicted molar refractivity (Wildman–Crippen MR) is 261 cm³/mol. The monoisotopic (exact) mass is 902 g/mol. The van der Waals surface area contributed by atoms with Crippen molar-refractivity contribution < 1.29 is 28.7 Å². The molecule has 2 aliphatic rings. The number of aromatic amines is 2. The molecule has 3 aromatic heterocycles. The third-order valence-electron chi connectivity index (χ3n) is 11.0. The smallest absolute Gasteiger partial charge is 0.407 e. The van der Waals surface area contributed by atoms with Gasteiger partial charge in [0.25, 0.3) is 0 Å². The number of hydrogen-bond acceptors (Lipinski definition) is 9. The Morgan fingerprint density at radius 2 is 1.35 bits per heavy atom. The lowest BCUT2D eigenvalue weighted by Crippen LogP contribution is -2.53. The van der Waals surface area contributed by atoms with Gasteiger partial charge >= 0.3 is 12.2 Å². The third kappa shape index (κ3) is 13.2. The van der Waals surface area contributed by atoms with Gasteiger partial charge in [-0.3, -0.25) is 14.6 Å². The van der Waals surface area contributed by atoms with Gasteiger partial charge in [-0.05, 0) is 62.1 Å². The molecule has 0 saturated carbocycles. The highest BCUT2D eigenvalue weighted by Gasteiger charge is 2.41. The van der Waals surface area contributed by atoms with E-state index in [-0.39, 0.29) is 30.9 Å². The van der Waals surface area contributed by atoms with Crippen molar-refractivity contribution in [3.63, 3.8) is 0 Å². The molecule has 2 aliphatic heterocycles. The number of piperidine rings is 2. The van der Waals surface area contributed by atoms with Crippen LogP contribution >= 0.6 is 0 Å². The molecule has 5 aromatic rings. The van der Waals surface area contributed by atoms with Gasteiger partial charge in [-0.1, -0.05) is 89.9 Å². The van der Waals surface area contributed by atoms with E-state index in [9.17, 15) is 19.2 Å². The van der Waals surface area contributed by atoms with E-state index in [0.29, 0.717) is 30.7 Å². The molecule has 2 aromatic carbocycles. The number of carbonyl (C=O) groups excluding carboxylic acids is 4.